The minimum Gasteiger partial charge on any atom is -0.389 e. The van der Waals surface area contributed by atoms with E-state index in [4.69, 9.17) is 6.57 Å². The van der Waals surface area contributed by atoms with E-state index in [-0.39, 0.29) is 0 Å². The normalized spacial score (nSPS) is 17.0. The largest absolute Gasteiger partial charge is 0.389 e. The fraction of sp³-hybridized carbons (Fsp3) is 0.467. The molecule has 1 saturated carbocycles. The molecule has 2 aromatic heterocycles. The van der Waals surface area contributed by atoms with Crippen molar-refractivity contribution < 1.29 is 0 Å². The van der Waals surface area contributed by atoms with Gasteiger partial charge in [0, 0.05) is 12.2 Å². The van der Waals surface area contributed by atoms with Crippen LogP contribution in [0.15, 0.2) is 24.5 Å². The van der Waals surface area contributed by atoms with Gasteiger partial charge in [-0.3, -0.25) is 0 Å². The monoisotopic (exact) mass is 254 g/mol. The molecule has 1 aliphatic carbocycles. The molecule has 1 aliphatic rings. The number of aromatic nitrogens is 2. The van der Waals surface area contributed by atoms with E-state index in [0.717, 1.165) is 11.2 Å². The number of anilines is 1. The molecule has 3 rings (SSSR count). The maximum absolute atomic E-state index is 7.31. The van der Waals surface area contributed by atoms with Gasteiger partial charge in [-0.25, -0.2) is 9.36 Å². The lowest BCUT2D eigenvalue weighted by Gasteiger charge is -2.19. The molecule has 4 nitrogen and oxygen atoms in total. The van der Waals surface area contributed by atoms with Gasteiger partial charge in [-0.05, 0) is 25.0 Å². The lowest BCUT2D eigenvalue weighted by Crippen LogP contribution is -2.18. The fourth-order valence-corrected chi connectivity index (χ4v) is 2.84. The summed E-state index contributed by atoms with van der Waals surface area (Å²) in [7, 11) is 0. The summed E-state index contributed by atoms with van der Waals surface area (Å²) in [5.74, 6) is 0. The first-order valence-corrected chi connectivity index (χ1v) is 6.99. The average molecular weight is 254 g/mol. The number of nitrogens with zero attached hydrogens (tertiary/aromatic N) is 3. The maximum atomic E-state index is 7.31. The summed E-state index contributed by atoms with van der Waals surface area (Å²) in [6.45, 7) is 7.31. The van der Waals surface area contributed by atoms with Crippen LogP contribution >= 0.6 is 0 Å². The highest BCUT2D eigenvalue weighted by Crippen LogP contribution is 2.31. The van der Waals surface area contributed by atoms with E-state index in [9.17, 15) is 0 Å². The first-order valence-electron chi connectivity index (χ1n) is 6.99. The van der Waals surface area contributed by atoms with Crippen LogP contribution in [0.5, 0.6) is 0 Å². The van der Waals surface area contributed by atoms with E-state index in [0.29, 0.717) is 11.7 Å². The Kier molecular flexibility index (Phi) is 3.37. The van der Waals surface area contributed by atoms with Crippen LogP contribution < -0.4 is 5.32 Å². The van der Waals surface area contributed by atoms with Gasteiger partial charge in [-0.15, -0.1) is 0 Å². The van der Waals surface area contributed by atoms with E-state index in [2.05, 4.69) is 15.3 Å². The van der Waals surface area contributed by atoms with Gasteiger partial charge in [-0.2, -0.15) is 5.10 Å². The van der Waals surface area contributed by atoms with E-state index in [1.54, 1.807) is 6.20 Å². The molecular formula is C15H18N4. The van der Waals surface area contributed by atoms with Crippen LogP contribution in [0.3, 0.4) is 0 Å². The van der Waals surface area contributed by atoms with Crippen molar-refractivity contribution in [3.05, 3.63) is 35.9 Å². The van der Waals surface area contributed by atoms with Crippen molar-refractivity contribution >= 4 is 16.9 Å². The molecule has 98 valence electrons. The summed E-state index contributed by atoms with van der Waals surface area (Å²) in [4.78, 5) is 3.60. The van der Waals surface area contributed by atoms with Crippen molar-refractivity contribution in [2.75, 3.05) is 5.32 Å². The Hall–Kier alpha value is -2.02. The van der Waals surface area contributed by atoms with Crippen molar-refractivity contribution in [1.82, 2.24) is 9.61 Å². The predicted octanol–water partition coefficient (Wildman–Crippen LogP) is 4.02. The second-order valence-electron chi connectivity index (χ2n) is 5.19. The van der Waals surface area contributed by atoms with E-state index < -0.39 is 0 Å². The van der Waals surface area contributed by atoms with E-state index >= 15 is 0 Å². The van der Waals surface area contributed by atoms with Crippen LogP contribution in [0, 0.1) is 6.57 Å². The van der Waals surface area contributed by atoms with Gasteiger partial charge in [-0.1, -0.05) is 25.7 Å². The highest BCUT2D eigenvalue weighted by molar-refractivity contribution is 5.84. The number of hydrogen-bond acceptors (Lipinski definition) is 2. The third-order valence-electron chi connectivity index (χ3n) is 3.87. The highest BCUT2D eigenvalue weighted by Gasteiger charge is 2.16. The lowest BCUT2D eigenvalue weighted by molar-refractivity contribution is 0.620. The van der Waals surface area contributed by atoms with E-state index in [1.165, 1.54) is 38.5 Å². The summed E-state index contributed by atoms with van der Waals surface area (Å²) >= 11 is 0. The molecule has 1 N–H and O–H groups in total. The van der Waals surface area contributed by atoms with Crippen LogP contribution in [0.1, 0.15) is 38.5 Å². The Morgan fingerprint density at radius 2 is 2.05 bits per heavy atom. The molecule has 2 heterocycles. The fourth-order valence-electron chi connectivity index (χ4n) is 2.84. The van der Waals surface area contributed by atoms with Crippen molar-refractivity contribution in [3.8, 4) is 0 Å². The van der Waals surface area contributed by atoms with Gasteiger partial charge in [0.25, 0.3) is 0 Å². The highest BCUT2D eigenvalue weighted by atomic mass is 15.2. The average Bonchev–Trinajstić information content (AvgIpc) is 2.77. The van der Waals surface area contributed by atoms with Gasteiger partial charge in [0.1, 0.15) is 0 Å². The Labute approximate surface area is 113 Å². The molecule has 0 saturated heterocycles. The molecule has 0 aliphatic heterocycles. The van der Waals surface area contributed by atoms with Gasteiger partial charge < -0.3 is 5.32 Å². The quantitative estimate of drug-likeness (QED) is 0.648. The third-order valence-corrected chi connectivity index (χ3v) is 3.87. The topological polar surface area (TPSA) is 33.7 Å². The number of fused-ring (bicyclic) bond motifs is 1. The molecule has 0 radical (unpaired) electrons. The molecule has 0 amide bonds. The molecule has 0 bridgehead atoms. The Morgan fingerprint density at radius 3 is 2.79 bits per heavy atom. The molecule has 19 heavy (non-hydrogen) atoms. The van der Waals surface area contributed by atoms with Gasteiger partial charge in [0.2, 0.25) is 5.69 Å². The molecule has 1 fully saturated rings. The smallest absolute Gasteiger partial charge is 0.231 e. The van der Waals surface area contributed by atoms with Crippen molar-refractivity contribution in [1.29, 1.82) is 0 Å². The van der Waals surface area contributed by atoms with Crippen molar-refractivity contribution in [2.24, 2.45) is 0 Å². The van der Waals surface area contributed by atoms with Crippen LogP contribution in [0.4, 0.5) is 11.4 Å². The summed E-state index contributed by atoms with van der Waals surface area (Å²) < 4.78 is 1.83. The van der Waals surface area contributed by atoms with Crippen LogP contribution in [0.25, 0.3) is 10.4 Å². The maximum Gasteiger partial charge on any atom is 0.231 e. The number of nitrogens with one attached hydrogen (secondary N) is 1. The molecule has 0 aromatic carbocycles. The zero-order valence-electron chi connectivity index (χ0n) is 11.0. The molecule has 4 heteroatoms. The molecule has 0 spiro atoms. The first kappa shape index (κ1) is 12.0. The second kappa shape index (κ2) is 5.31. The Balaban J connectivity index is 1.94. The third kappa shape index (κ3) is 2.41. The van der Waals surface area contributed by atoms with Gasteiger partial charge in [0.15, 0.2) is 0 Å². The lowest BCUT2D eigenvalue weighted by atomic mass is 10.1. The molecule has 2 aromatic rings. The zero-order chi connectivity index (χ0) is 13.1. The molecule has 0 unspecified atom stereocenters. The Bertz CT molecular complexity index is 600. The summed E-state index contributed by atoms with van der Waals surface area (Å²) in [5.41, 5.74) is 2.56. The molecular weight excluding hydrogens is 236 g/mol. The predicted molar refractivity (Wildman–Crippen MR) is 76.6 cm³/mol. The van der Waals surface area contributed by atoms with Crippen LogP contribution in [-0.2, 0) is 0 Å². The van der Waals surface area contributed by atoms with E-state index in [1.807, 2.05) is 22.8 Å². The SMILES string of the molecule is [C-]#[N+]c1cnn2cccc2c1NC1CCCCCC1. The van der Waals surface area contributed by atoms with Crippen LogP contribution in [0.2, 0.25) is 0 Å². The Morgan fingerprint density at radius 1 is 1.26 bits per heavy atom. The molecule has 0 atom stereocenters. The van der Waals surface area contributed by atoms with Crippen molar-refractivity contribution in [3.63, 3.8) is 0 Å². The van der Waals surface area contributed by atoms with Gasteiger partial charge in [0.05, 0.1) is 24.0 Å². The second-order valence-corrected chi connectivity index (χ2v) is 5.19. The van der Waals surface area contributed by atoms with Crippen molar-refractivity contribution in [2.45, 2.75) is 44.6 Å². The standard InChI is InChI=1S/C15H18N4/c1-16-13-11-17-19-10-6-9-14(19)15(13)18-12-7-4-2-3-5-8-12/h6,9-12,18H,2-5,7-8H2. The minimum absolute atomic E-state index is 0.490. The number of rotatable bonds is 2. The summed E-state index contributed by atoms with van der Waals surface area (Å²) in [6, 6.07) is 4.47. The summed E-state index contributed by atoms with van der Waals surface area (Å²) in [6.07, 6.45) is 11.2. The number of hydrogen-bond donors (Lipinski definition) is 1. The van der Waals surface area contributed by atoms with Gasteiger partial charge >= 0.3 is 0 Å². The summed E-state index contributed by atoms with van der Waals surface area (Å²) in [5, 5.41) is 7.84. The minimum atomic E-state index is 0.490. The first-order chi connectivity index (χ1) is 9.38. The zero-order valence-corrected chi connectivity index (χ0v) is 11.0. The van der Waals surface area contributed by atoms with Crippen LogP contribution in [-0.4, -0.2) is 15.7 Å².